The predicted octanol–water partition coefficient (Wildman–Crippen LogP) is 3.95. The lowest BCUT2D eigenvalue weighted by Crippen LogP contribution is -2.46. The summed E-state index contributed by atoms with van der Waals surface area (Å²) in [6.45, 7) is 3.37. The van der Waals surface area contributed by atoms with Crippen LogP contribution >= 0.6 is 0 Å². The third kappa shape index (κ3) is 6.09. The predicted molar refractivity (Wildman–Crippen MR) is 144 cm³/mol. The van der Waals surface area contributed by atoms with Crippen molar-refractivity contribution in [2.45, 2.75) is 32.7 Å². The van der Waals surface area contributed by atoms with Crippen LogP contribution in [0.1, 0.15) is 34.8 Å². The van der Waals surface area contributed by atoms with Crippen molar-refractivity contribution in [1.82, 2.24) is 4.90 Å². The fraction of sp³-hybridized carbons (Fsp3) is 0.267. The van der Waals surface area contributed by atoms with E-state index in [2.05, 4.69) is 0 Å². The second-order valence-corrected chi connectivity index (χ2v) is 9.18. The van der Waals surface area contributed by atoms with E-state index in [0.29, 0.717) is 34.9 Å². The minimum atomic E-state index is -0.973. The number of aryl methyl sites for hydroxylation is 1. The summed E-state index contributed by atoms with van der Waals surface area (Å²) < 4.78 is 15.8. The van der Waals surface area contributed by atoms with E-state index in [1.54, 1.807) is 38.5 Å². The summed E-state index contributed by atoms with van der Waals surface area (Å²) >= 11 is 0. The molecule has 1 fully saturated rings. The summed E-state index contributed by atoms with van der Waals surface area (Å²) in [6.07, 6.45) is 0.279. The number of amides is 3. The minimum Gasteiger partial charge on any atom is -0.493 e. The number of carbonyl (C=O) groups excluding carboxylic acids is 4. The molecule has 202 valence electrons. The van der Waals surface area contributed by atoms with Crippen LogP contribution < -0.4 is 19.1 Å². The number of imide groups is 1. The zero-order chi connectivity index (χ0) is 28.1. The number of hydrogen-bond acceptors (Lipinski definition) is 7. The van der Waals surface area contributed by atoms with E-state index in [1.807, 2.05) is 25.1 Å². The highest BCUT2D eigenvalue weighted by Crippen LogP contribution is 2.30. The molecular formula is C30H30N2O7. The number of benzene rings is 3. The molecule has 0 aromatic heterocycles. The fourth-order valence-electron chi connectivity index (χ4n) is 4.59. The quantitative estimate of drug-likeness (QED) is 0.234. The molecule has 0 saturated carbocycles. The van der Waals surface area contributed by atoms with Gasteiger partial charge >= 0.3 is 5.97 Å². The summed E-state index contributed by atoms with van der Waals surface area (Å²) in [6, 6.07) is 17.7. The first-order valence-electron chi connectivity index (χ1n) is 12.5. The summed E-state index contributed by atoms with van der Waals surface area (Å²) in [5.41, 5.74) is 2.56. The van der Waals surface area contributed by atoms with Crippen LogP contribution in [-0.2, 0) is 20.8 Å². The van der Waals surface area contributed by atoms with E-state index in [4.69, 9.17) is 14.2 Å². The number of ether oxygens (including phenoxy) is 3. The summed E-state index contributed by atoms with van der Waals surface area (Å²) in [4.78, 5) is 54.2. The maximum absolute atomic E-state index is 13.7. The molecule has 0 aliphatic carbocycles. The zero-order valence-electron chi connectivity index (χ0n) is 22.3. The average Bonchev–Trinajstić information content (AvgIpc) is 3.21. The Labute approximate surface area is 226 Å². The smallest absolute Gasteiger partial charge is 0.308 e. The molecule has 0 radical (unpaired) electrons. The molecule has 1 unspecified atom stereocenters. The van der Waals surface area contributed by atoms with Gasteiger partial charge in [-0.25, -0.2) is 4.90 Å². The third-order valence-corrected chi connectivity index (χ3v) is 6.47. The number of anilines is 1. The van der Waals surface area contributed by atoms with Crippen molar-refractivity contribution in [3.05, 3.63) is 83.4 Å². The van der Waals surface area contributed by atoms with Crippen LogP contribution in [0.2, 0.25) is 0 Å². The highest BCUT2D eigenvalue weighted by molar-refractivity contribution is 6.23. The molecule has 1 aliphatic rings. The van der Waals surface area contributed by atoms with Gasteiger partial charge in [0.25, 0.3) is 11.8 Å². The molecule has 1 saturated heterocycles. The second kappa shape index (κ2) is 11.8. The van der Waals surface area contributed by atoms with Crippen molar-refractivity contribution in [2.75, 3.05) is 25.7 Å². The van der Waals surface area contributed by atoms with E-state index in [1.165, 1.54) is 36.1 Å². The Kier molecular flexibility index (Phi) is 8.29. The van der Waals surface area contributed by atoms with Crippen molar-refractivity contribution < 1.29 is 33.4 Å². The van der Waals surface area contributed by atoms with Gasteiger partial charge in [-0.2, -0.15) is 0 Å². The number of carbonyl (C=O) groups is 4. The summed E-state index contributed by atoms with van der Waals surface area (Å²) in [5.74, 6) is -0.281. The van der Waals surface area contributed by atoms with E-state index < -0.39 is 23.8 Å². The highest BCUT2D eigenvalue weighted by atomic mass is 16.5. The van der Waals surface area contributed by atoms with Gasteiger partial charge in [-0.3, -0.25) is 19.2 Å². The molecule has 1 aliphatic heterocycles. The number of nitrogens with zero attached hydrogens (tertiary/aromatic N) is 2. The Morgan fingerprint density at radius 1 is 0.949 bits per heavy atom. The molecule has 1 heterocycles. The van der Waals surface area contributed by atoms with Gasteiger partial charge < -0.3 is 19.1 Å². The van der Waals surface area contributed by atoms with Crippen molar-refractivity contribution in [3.63, 3.8) is 0 Å². The first kappa shape index (κ1) is 27.4. The lowest BCUT2D eigenvalue weighted by atomic mass is 10.1. The normalized spacial score (nSPS) is 14.8. The average molecular weight is 531 g/mol. The maximum Gasteiger partial charge on any atom is 0.308 e. The third-order valence-electron chi connectivity index (χ3n) is 6.47. The van der Waals surface area contributed by atoms with Crippen molar-refractivity contribution in [1.29, 1.82) is 0 Å². The van der Waals surface area contributed by atoms with Gasteiger partial charge in [0.1, 0.15) is 11.8 Å². The van der Waals surface area contributed by atoms with Crippen LogP contribution in [0.4, 0.5) is 5.69 Å². The van der Waals surface area contributed by atoms with Crippen molar-refractivity contribution >= 4 is 29.4 Å². The zero-order valence-corrected chi connectivity index (χ0v) is 22.3. The van der Waals surface area contributed by atoms with Gasteiger partial charge in [-0.05, 0) is 67.4 Å². The van der Waals surface area contributed by atoms with Gasteiger partial charge in [0.2, 0.25) is 5.91 Å². The van der Waals surface area contributed by atoms with Crippen molar-refractivity contribution in [3.8, 4) is 17.2 Å². The molecule has 0 spiro atoms. The number of methoxy groups -OCH3 is 2. The lowest BCUT2D eigenvalue weighted by Gasteiger charge is -2.28. The maximum atomic E-state index is 13.7. The Hall–Kier alpha value is -4.66. The standard InChI is InChI=1S/C30H30N2O7/c1-19-6-5-7-22(16-19)29(35)31(15-14-21-8-13-26(37-3)27(17-21)38-4)25-18-28(34)32(30(25)36)23-9-11-24(12-10-23)39-20(2)33/h5-13,16-17,25H,14-15,18H2,1-4H3. The molecular weight excluding hydrogens is 500 g/mol. The van der Waals surface area contributed by atoms with Crippen molar-refractivity contribution in [2.24, 2.45) is 0 Å². The van der Waals surface area contributed by atoms with Crippen LogP contribution in [-0.4, -0.2) is 55.4 Å². The van der Waals surface area contributed by atoms with Gasteiger partial charge in [0.15, 0.2) is 11.5 Å². The summed E-state index contributed by atoms with van der Waals surface area (Å²) in [5, 5.41) is 0. The van der Waals surface area contributed by atoms with Crippen LogP contribution in [0, 0.1) is 6.92 Å². The minimum absolute atomic E-state index is 0.145. The van der Waals surface area contributed by atoms with E-state index in [0.717, 1.165) is 16.0 Å². The van der Waals surface area contributed by atoms with Crippen LogP contribution in [0.25, 0.3) is 0 Å². The Morgan fingerprint density at radius 2 is 1.67 bits per heavy atom. The number of esters is 1. The van der Waals surface area contributed by atoms with E-state index in [9.17, 15) is 19.2 Å². The number of rotatable bonds is 9. The molecule has 3 aromatic rings. The van der Waals surface area contributed by atoms with Crippen LogP contribution in [0.5, 0.6) is 17.2 Å². The van der Waals surface area contributed by atoms with Gasteiger partial charge in [0.05, 0.1) is 26.3 Å². The molecule has 9 heteroatoms. The molecule has 3 aromatic carbocycles. The molecule has 9 nitrogen and oxygen atoms in total. The Balaban J connectivity index is 1.62. The summed E-state index contributed by atoms with van der Waals surface area (Å²) in [7, 11) is 3.10. The van der Waals surface area contributed by atoms with Crippen LogP contribution in [0.3, 0.4) is 0 Å². The molecule has 1 atom stereocenters. The number of hydrogen-bond donors (Lipinski definition) is 0. The second-order valence-electron chi connectivity index (χ2n) is 9.18. The SMILES string of the molecule is COc1ccc(CCN(C(=O)c2cccc(C)c2)C2CC(=O)N(c3ccc(OC(C)=O)cc3)C2=O)cc1OC. The molecule has 3 amide bonds. The largest absolute Gasteiger partial charge is 0.493 e. The molecule has 0 bridgehead atoms. The molecule has 0 N–H and O–H groups in total. The van der Waals surface area contributed by atoms with E-state index in [-0.39, 0.29) is 18.9 Å². The first-order valence-corrected chi connectivity index (χ1v) is 12.5. The monoisotopic (exact) mass is 530 g/mol. The fourth-order valence-corrected chi connectivity index (χ4v) is 4.59. The van der Waals surface area contributed by atoms with Gasteiger partial charge in [-0.1, -0.05) is 23.8 Å². The van der Waals surface area contributed by atoms with Gasteiger partial charge in [0, 0.05) is 19.0 Å². The highest BCUT2D eigenvalue weighted by Gasteiger charge is 2.44. The first-order chi connectivity index (χ1) is 18.7. The topological polar surface area (TPSA) is 102 Å². The molecule has 39 heavy (non-hydrogen) atoms. The van der Waals surface area contributed by atoms with Gasteiger partial charge in [-0.15, -0.1) is 0 Å². The Morgan fingerprint density at radius 3 is 2.31 bits per heavy atom. The Bertz CT molecular complexity index is 1400. The lowest BCUT2D eigenvalue weighted by molar-refractivity contribution is -0.132. The van der Waals surface area contributed by atoms with Crippen LogP contribution in [0.15, 0.2) is 66.7 Å². The van der Waals surface area contributed by atoms with E-state index >= 15 is 0 Å². The molecule has 4 rings (SSSR count).